The number of nitrogens with one attached hydrogen (secondary N) is 1. The van der Waals surface area contributed by atoms with Gasteiger partial charge in [0.05, 0.1) is 11.4 Å². The van der Waals surface area contributed by atoms with Crippen LogP contribution in [0.2, 0.25) is 0 Å². The van der Waals surface area contributed by atoms with Crippen LogP contribution < -0.4 is 9.46 Å². The summed E-state index contributed by atoms with van der Waals surface area (Å²) in [5.41, 5.74) is -0.528. The van der Waals surface area contributed by atoms with E-state index in [1.54, 1.807) is 20.8 Å². The van der Waals surface area contributed by atoms with E-state index >= 15 is 0 Å². The number of sulfonamides is 1. The molecule has 0 spiro atoms. The molecule has 0 aliphatic rings. The van der Waals surface area contributed by atoms with Crippen molar-refractivity contribution in [2.24, 2.45) is 0 Å². The first kappa shape index (κ1) is 19.6. The van der Waals surface area contributed by atoms with Crippen molar-refractivity contribution in [3.05, 3.63) is 42.2 Å². The van der Waals surface area contributed by atoms with Crippen LogP contribution in [0.4, 0.5) is 4.39 Å². The molecule has 130 valence electrons. The van der Waals surface area contributed by atoms with Crippen LogP contribution >= 0.6 is 0 Å². The summed E-state index contributed by atoms with van der Waals surface area (Å²) in [7, 11) is -3.45. The highest BCUT2D eigenvalue weighted by Crippen LogP contribution is 2.24. The van der Waals surface area contributed by atoms with Crippen molar-refractivity contribution in [1.29, 1.82) is 0 Å². The SMILES string of the molecule is C=CCCS(=O)(=O)N[C@H](C)c1ccc(F)c(OCC(C)(C)O)c1. The van der Waals surface area contributed by atoms with Gasteiger partial charge < -0.3 is 9.84 Å². The second-order valence-electron chi connectivity index (χ2n) is 6.03. The molecule has 0 bridgehead atoms. The van der Waals surface area contributed by atoms with Gasteiger partial charge in [-0.15, -0.1) is 6.58 Å². The second kappa shape index (κ2) is 7.90. The van der Waals surface area contributed by atoms with E-state index in [1.807, 2.05) is 0 Å². The number of ether oxygens (including phenoxy) is 1. The van der Waals surface area contributed by atoms with Gasteiger partial charge in [0.2, 0.25) is 10.0 Å². The molecule has 2 N–H and O–H groups in total. The summed E-state index contributed by atoms with van der Waals surface area (Å²) >= 11 is 0. The zero-order valence-electron chi connectivity index (χ0n) is 13.7. The maximum atomic E-state index is 13.8. The number of hydrogen-bond donors (Lipinski definition) is 2. The maximum absolute atomic E-state index is 13.8. The number of halogens is 1. The van der Waals surface area contributed by atoms with Crippen molar-refractivity contribution in [2.45, 2.75) is 38.8 Å². The Morgan fingerprint density at radius 3 is 2.70 bits per heavy atom. The van der Waals surface area contributed by atoms with Gasteiger partial charge in [-0.2, -0.15) is 0 Å². The fourth-order valence-electron chi connectivity index (χ4n) is 1.79. The van der Waals surface area contributed by atoms with Gasteiger partial charge in [0, 0.05) is 6.04 Å². The molecule has 7 heteroatoms. The topological polar surface area (TPSA) is 75.6 Å². The molecule has 0 aliphatic carbocycles. The van der Waals surface area contributed by atoms with Gasteiger partial charge in [-0.1, -0.05) is 12.1 Å². The Morgan fingerprint density at radius 2 is 2.13 bits per heavy atom. The molecule has 1 rings (SSSR count). The van der Waals surface area contributed by atoms with Crippen molar-refractivity contribution in [3.8, 4) is 5.75 Å². The van der Waals surface area contributed by atoms with Crippen molar-refractivity contribution in [3.63, 3.8) is 0 Å². The Hall–Kier alpha value is -1.44. The third-order valence-electron chi connectivity index (χ3n) is 2.98. The molecule has 0 saturated carbocycles. The van der Waals surface area contributed by atoms with Crippen LogP contribution in [0.15, 0.2) is 30.9 Å². The van der Waals surface area contributed by atoms with Crippen LogP contribution in [0.25, 0.3) is 0 Å². The number of hydrogen-bond acceptors (Lipinski definition) is 4. The van der Waals surface area contributed by atoms with Gasteiger partial charge >= 0.3 is 0 Å². The standard InChI is InChI=1S/C16H24FNO4S/c1-5-6-9-23(20,21)18-12(2)13-7-8-14(17)15(10-13)22-11-16(3,4)19/h5,7-8,10,12,18-19H,1,6,9,11H2,2-4H3/t12-/m1/s1. The molecule has 1 aromatic carbocycles. The first-order valence-corrected chi connectivity index (χ1v) is 8.95. The molecule has 23 heavy (non-hydrogen) atoms. The molecule has 0 heterocycles. The van der Waals surface area contributed by atoms with E-state index < -0.39 is 27.5 Å². The summed E-state index contributed by atoms with van der Waals surface area (Å²) in [6, 6.07) is 3.60. The number of allylic oxidation sites excluding steroid dienone is 1. The van der Waals surface area contributed by atoms with Crippen molar-refractivity contribution < 1.29 is 22.7 Å². The average molecular weight is 345 g/mol. The molecule has 0 aliphatic heterocycles. The molecule has 0 saturated heterocycles. The van der Waals surface area contributed by atoms with E-state index in [2.05, 4.69) is 11.3 Å². The van der Waals surface area contributed by atoms with Crippen LogP contribution in [-0.4, -0.2) is 31.5 Å². The van der Waals surface area contributed by atoms with Crippen molar-refractivity contribution >= 4 is 10.0 Å². The average Bonchev–Trinajstić information content (AvgIpc) is 2.42. The zero-order chi connectivity index (χ0) is 17.7. The van der Waals surface area contributed by atoms with Crippen LogP contribution in [-0.2, 0) is 10.0 Å². The van der Waals surface area contributed by atoms with Gasteiger partial charge in [0.25, 0.3) is 0 Å². The lowest BCUT2D eigenvalue weighted by Gasteiger charge is -2.19. The summed E-state index contributed by atoms with van der Waals surface area (Å²) in [5, 5.41) is 9.64. The summed E-state index contributed by atoms with van der Waals surface area (Å²) in [6.07, 6.45) is 1.88. The Bertz CT molecular complexity index is 638. The van der Waals surface area contributed by atoms with Crippen LogP contribution in [0.3, 0.4) is 0 Å². The van der Waals surface area contributed by atoms with E-state index in [-0.39, 0.29) is 18.1 Å². The first-order chi connectivity index (χ1) is 10.5. The van der Waals surface area contributed by atoms with E-state index in [1.165, 1.54) is 24.3 Å². The normalized spacial score (nSPS) is 13.6. The van der Waals surface area contributed by atoms with Crippen LogP contribution in [0.1, 0.15) is 38.8 Å². The maximum Gasteiger partial charge on any atom is 0.212 e. The molecular weight excluding hydrogens is 321 g/mol. The lowest BCUT2D eigenvalue weighted by Crippen LogP contribution is -2.29. The molecule has 0 aromatic heterocycles. The van der Waals surface area contributed by atoms with Gasteiger partial charge in [-0.05, 0) is 44.9 Å². The molecule has 5 nitrogen and oxygen atoms in total. The molecule has 1 aromatic rings. The van der Waals surface area contributed by atoms with Gasteiger partial charge in [0.1, 0.15) is 6.61 Å². The predicted molar refractivity (Wildman–Crippen MR) is 88.3 cm³/mol. The Morgan fingerprint density at radius 1 is 1.48 bits per heavy atom. The van der Waals surface area contributed by atoms with E-state index in [0.717, 1.165) is 0 Å². The van der Waals surface area contributed by atoms with Crippen molar-refractivity contribution in [1.82, 2.24) is 4.72 Å². The summed E-state index contributed by atoms with van der Waals surface area (Å²) in [5.74, 6) is -0.647. The lowest BCUT2D eigenvalue weighted by molar-refractivity contribution is 0.0271. The van der Waals surface area contributed by atoms with E-state index in [9.17, 15) is 17.9 Å². The molecule has 0 radical (unpaired) electrons. The summed E-state index contributed by atoms with van der Waals surface area (Å²) in [6.45, 7) is 8.17. The van der Waals surface area contributed by atoms with Gasteiger partial charge in [-0.3, -0.25) is 0 Å². The molecule has 0 amide bonds. The quantitative estimate of drug-likeness (QED) is 0.675. The molecule has 0 fully saturated rings. The molecular formula is C16H24FNO4S. The molecule has 1 atom stereocenters. The van der Waals surface area contributed by atoms with E-state index in [4.69, 9.17) is 4.74 Å². The number of rotatable bonds is 9. The van der Waals surface area contributed by atoms with Crippen LogP contribution in [0, 0.1) is 5.82 Å². The third-order valence-corrected chi connectivity index (χ3v) is 4.47. The van der Waals surface area contributed by atoms with E-state index in [0.29, 0.717) is 12.0 Å². The minimum Gasteiger partial charge on any atom is -0.488 e. The monoisotopic (exact) mass is 345 g/mol. The van der Waals surface area contributed by atoms with Crippen LogP contribution in [0.5, 0.6) is 5.75 Å². The third kappa shape index (κ3) is 7.11. The number of aliphatic hydroxyl groups is 1. The fourth-order valence-corrected chi connectivity index (χ4v) is 3.06. The second-order valence-corrected chi connectivity index (χ2v) is 7.90. The highest BCUT2D eigenvalue weighted by molar-refractivity contribution is 7.89. The minimum absolute atomic E-state index is 0.0261. The fraction of sp³-hybridized carbons (Fsp3) is 0.500. The summed E-state index contributed by atoms with van der Waals surface area (Å²) < 4.78 is 45.3. The minimum atomic E-state index is -3.45. The molecule has 0 unspecified atom stereocenters. The van der Waals surface area contributed by atoms with Crippen molar-refractivity contribution in [2.75, 3.05) is 12.4 Å². The lowest BCUT2D eigenvalue weighted by atomic mass is 10.1. The highest BCUT2D eigenvalue weighted by Gasteiger charge is 2.18. The predicted octanol–water partition coefficient (Wildman–Crippen LogP) is 2.53. The number of benzene rings is 1. The Balaban J connectivity index is 2.85. The largest absolute Gasteiger partial charge is 0.488 e. The zero-order valence-corrected chi connectivity index (χ0v) is 14.5. The van der Waals surface area contributed by atoms with Gasteiger partial charge in [0.15, 0.2) is 11.6 Å². The Labute approximate surface area is 137 Å². The Kier molecular flexibility index (Phi) is 6.73. The highest BCUT2D eigenvalue weighted by atomic mass is 32.2. The van der Waals surface area contributed by atoms with Gasteiger partial charge in [-0.25, -0.2) is 17.5 Å². The smallest absolute Gasteiger partial charge is 0.212 e. The first-order valence-electron chi connectivity index (χ1n) is 7.29. The summed E-state index contributed by atoms with van der Waals surface area (Å²) in [4.78, 5) is 0.